The van der Waals surface area contributed by atoms with Crippen LogP contribution < -0.4 is 0 Å². The minimum Gasteiger partial charge on any atom is -0.358 e. The molecule has 0 fully saturated rings. The maximum Gasteiger partial charge on any atom is -0.171 e. The Morgan fingerprint density at radius 2 is 1.57 bits per heavy atom. The van der Waals surface area contributed by atoms with Crippen LogP contribution in [0.5, 0.6) is 0 Å². The van der Waals surface area contributed by atoms with Crippen LogP contribution in [0.4, 0.5) is 0 Å². The molecule has 0 aliphatic heterocycles. The van der Waals surface area contributed by atoms with Gasteiger partial charge in [-0.15, -0.1) is 35.9 Å². The number of hydrogen-bond acceptors (Lipinski definition) is 0. The van der Waals surface area contributed by atoms with Gasteiger partial charge in [-0.25, -0.2) is 6.08 Å². The topological polar surface area (TPSA) is 0 Å². The number of rotatable bonds is 1. The predicted octanol–water partition coefficient (Wildman–Crippen LogP) is 9.78. The van der Waals surface area contributed by atoms with Crippen molar-refractivity contribution in [3.05, 3.63) is 126 Å². The monoisotopic (exact) mass is 610 g/mol. The van der Waals surface area contributed by atoms with Crippen molar-refractivity contribution in [3.63, 3.8) is 0 Å². The molecule has 3 heteroatoms. The second-order valence-electron chi connectivity index (χ2n) is 9.65. The molecule has 5 rings (SSSR count). The van der Waals surface area contributed by atoms with Crippen LogP contribution >= 0.6 is 24.8 Å². The first kappa shape index (κ1) is 37.6. The van der Waals surface area contributed by atoms with E-state index in [9.17, 15) is 0 Å². The molecule has 0 N–H and O–H groups in total. The third kappa shape index (κ3) is 11.8. The molecular weight excluding hydrogens is 571 g/mol. The third-order valence-electron chi connectivity index (χ3n) is 5.84. The van der Waals surface area contributed by atoms with E-state index < -0.39 is 0 Å². The average molecular weight is 613 g/mol. The Balaban J connectivity index is 0. The summed E-state index contributed by atoms with van der Waals surface area (Å²) >= 11 is 1.30. The summed E-state index contributed by atoms with van der Waals surface area (Å²) in [4.78, 5) is 0. The van der Waals surface area contributed by atoms with Crippen LogP contribution in [0.15, 0.2) is 78.4 Å². The standard InChI is InChI=1S/C15H13.C11H17.C6H5.CH3.CH2.2ClH.Zr/c1-10-3-5-14-12(7-10)9-13-8-11(2)4-6-15(13)14;1-5-9-6-7-10(8-9)11(2,3)4;1-2-4-6-5-3-1;;;;;/h3-7H,9H2,1-2H3;7-9H,5H2,1-4H3;1-5H;1H3;1H2;2*1H;/q4*-1;;;;. The van der Waals surface area contributed by atoms with Crippen molar-refractivity contribution in [1.82, 2.24) is 0 Å². The van der Waals surface area contributed by atoms with Crippen LogP contribution in [0.3, 0.4) is 0 Å². The molecule has 200 valence electrons. The minimum atomic E-state index is 0. The summed E-state index contributed by atoms with van der Waals surface area (Å²) in [6.45, 7) is 13.2. The van der Waals surface area contributed by atoms with Crippen LogP contribution in [0, 0.1) is 50.8 Å². The normalized spacial score (nSPS) is 13.5. The maximum atomic E-state index is 3.45. The van der Waals surface area contributed by atoms with Crippen molar-refractivity contribution in [1.29, 1.82) is 0 Å². The van der Waals surface area contributed by atoms with Gasteiger partial charge in [-0.1, -0.05) is 81.7 Å². The molecule has 0 radical (unpaired) electrons. The summed E-state index contributed by atoms with van der Waals surface area (Å²) in [7, 11) is 0. The molecule has 0 bridgehead atoms. The van der Waals surface area contributed by atoms with Crippen molar-refractivity contribution in [2.45, 2.75) is 54.4 Å². The molecule has 1 atom stereocenters. The second-order valence-corrected chi connectivity index (χ2v) is 9.65. The summed E-state index contributed by atoms with van der Waals surface area (Å²) in [6.07, 6.45) is 10.1. The van der Waals surface area contributed by atoms with Gasteiger partial charge in [0.05, 0.1) is 0 Å². The van der Waals surface area contributed by atoms with E-state index in [-0.39, 0.29) is 32.2 Å². The number of hydrogen-bond donors (Lipinski definition) is 0. The van der Waals surface area contributed by atoms with E-state index in [0.717, 1.165) is 6.42 Å². The van der Waals surface area contributed by atoms with E-state index in [1.54, 1.807) is 0 Å². The van der Waals surface area contributed by atoms with E-state index in [4.69, 9.17) is 0 Å². The first-order chi connectivity index (χ1) is 16.3. The van der Waals surface area contributed by atoms with E-state index in [0.29, 0.717) is 11.3 Å². The molecular formula is C34H42Cl2Zr-4. The number of fused-ring (bicyclic) bond motifs is 3. The zero-order valence-electron chi connectivity index (χ0n) is 23.4. The number of benzene rings is 3. The fraction of sp³-hybridized carbons (Fsp3) is 0.294. The van der Waals surface area contributed by atoms with Gasteiger partial charge in [-0.3, -0.25) is 6.08 Å². The van der Waals surface area contributed by atoms with Crippen LogP contribution in [-0.4, -0.2) is 4.21 Å². The Morgan fingerprint density at radius 3 is 2.03 bits per heavy atom. The Morgan fingerprint density at radius 1 is 0.946 bits per heavy atom. The average Bonchev–Trinajstić information content (AvgIpc) is 3.46. The molecule has 2 aliphatic rings. The van der Waals surface area contributed by atoms with Gasteiger partial charge in [0.2, 0.25) is 0 Å². The Kier molecular flexibility index (Phi) is 19.0. The SMILES string of the molecule is CCC1[C-]=CC(C(C)(C)C)=C1.Cc1[c-]c2c(cc1)-c1ccc(C)cc1C2.Cl.Cl.[CH2]=[Zr].[CH3-].[c-]1ccccc1. The molecule has 0 aromatic heterocycles. The van der Waals surface area contributed by atoms with E-state index in [1.807, 2.05) is 30.3 Å². The van der Waals surface area contributed by atoms with Gasteiger partial charge in [-0.05, 0) is 18.9 Å². The molecule has 0 heterocycles. The van der Waals surface area contributed by atoms with Crippen LogP contribution in [0.2, 0.25) is 0 Å². The molecule has 3 aromatic carbocycles. The number of halogens is 2. The van der Waals surface area contributed by atoms with Gasteiger partial charge in [0.1, 0.15) is 0 Å². The van der Waals surface area contributed by atoms with E-state index in [1.165, 1.54) is 69.6 Å². The summed E-state index contributed by atoms with van der Waals surface area (Å²) < 4.78 is 3.34. The van der Waals surface area contributed by atoms with Crippen molar-refractivity contribution < 1.29 is 24.2 Å². The fourth-order valence-electron chi connectivity index (χ4n) is 3.92. The molecule has 0 nitrogen and oxygen atoms in total. The van der Waals surface area contributed by atoms with Crippen LogP contribution in [-0.2, 0) is 30.7 Å². The van der Waals surface area contributed by atoms with Gasteiger partial charge < -0.3 is 7.43 Å². The molecule has 1 unspecified atom stereocenters. The third-order valence-corrected chi connectivity index (χ3v) is 5.84. The van der Waals surface area contributed by atoms with Gasteiger partial charge in [0.15, 0.2) is 0 Å². The molecule has 0 saturated heterocycles. The zero-order chi connectivity index (χ0) is 25.1. The summed E-state index contributed by atoms with van der Waals surface area (Å²) in [6, 6.07) is 27.0. The van der Waals surface area contributed by atoms with Crippen molar-refractivity contribution in [2.75, 3.05) is 0 Å². The molecule has 3 aromatic rings. The predicted molar refractivity (Wildman–Crippen MR) is 165 cm³/mol. The smallest absolute Gasteiger partial charge is 0.171 e. The van der Waals surface area contributed by atoms with Crippen LogP contribution in [0.1, 0.15) is 56.4 Å². The van der Waals surface area contributed by atoms with E-state index >= 15 is 0 Å². The van der Waals surface area contributed by atoms with Gasteiger partial charge in [0, 0.05) is 0 Å². The first-order valence-electron chi connectivity index (χ1n) is 12.0. The first-order valence-corrected chi connectivity index (χ1v) is 13.7. The summed E-state index contributed by atoms with van der Waals surface area (Å²) in [5, 5.41) is 0. The second kappa shape index (κ2) is 18.7. The van der Waals surface area contributed by atoms with Crippen LogP contribution in [0.25, 0.3) is 11.1 Å². The Hall–Kier alpha value is -1.53. The Bertz CT molecular complexity index is 1030. The van der Waals surface area contributed by atoms with Crippen molar-refractivity contribution in [3.8, 4) is 11.1 Å². The van der Waals surface area contributed by atoms with Gasteiger partial charge in [-0.2, -0.15) is 71.8 Å². The Labute approximate surface area is 254 Å². The molecule has 0 amide bonds. The van der Waals surface area contributed by atoms with Crippen molar-refractivity contribution in [2.24, 2.45) is 11.3 Å². The van der Waals surface area contributed by atoms with Gasteiger partial charge in [0.25, 0.3) is 0 Å². The van der Waals surface area contributed by atoms with Gasteiger partial charge >= 0.3 is 28.4 Å². The summed E-state index contributed by atoms with van der Waals surface area (Å²) in [5.41, 5.74) is 9.89. The van der Waals surface area contributed by atoms with E-state index in [2.05, 4.69) is 106 Å². The minimum absolute atomic E-state index is 0. The summed E-state index contributed by atoms with van der Waals surface area (Å²) in [5.74, 6) is 0.573. The van der Waals surface area contributed by atoms with Crippen molar-refractivity contribution >= 4 is 29.0 Å². The quantitative estimate of drug-likeness (QED) is 0.188. The molecule has 2 aliphatic carbocycles. The number of allylic oxidation sites excluding steroid dienone is 4. The molecule has 37 heavy (non-hydrogen) atoms. The maximum absolute atomic E-state index is 3.45. The number of aryl methyl sites for hydroxylation is 2. The fourth-order valence-corrected chi connectivity index (χ4v) is 3.92. The zero-order valence-corrected chi connectivity index (χ0v) is 27.5. The molecule has 0 spiro atoms. The molecule has 0 saturated carbocycles. The largest absolute Gasteiger partial charge is 0.358 e.